The Morgan fingerprint density at radius 3 is 2.87 bits per heavy atom. The number of nitrogens with zero attached hydrogens (tertiary/aromatic N) is 3. The van der Waals surface area contributed by atoms with Crippen LogP contribution < -0.4 is 0 Å². The minimum Gasteiger partial charge on any atom is -0.361 e. The number of benzene rings is 2. The molecule has 0 unspecified atom stereocenters. The highest BCUT2D eigenvalue weighted by molar-refractivity contribution is 5.99. The third kappa shape index (κ3) is 2.42. The lowest BCUT2D eigenvalue weighted by molar-refractivity contribution is 0.701. The van der Waals surface area contributed by atoms with Crippen LogP contribution in [0.3, 0.4) is 0 Å². The summed E-state index contributed by atoms with van der Waals surface area (Å²) in [6, 6.07) is 16.4. The molecule has 114 valence electrons. The number of aliphatic imine (C=N–C) groups is 1. The van der Waals surface area contributed by atoms with Gasteiger partial charge >= 0.3 is 0 Å². The molecule has 2 aromatic heterocycles. The maximum atomic E-state index is 4.67. The molecule has 1 N–H and O–H groups in total. The number of aryl methyl sites for hydroxylation is 1. The van der Waals surface area contributed by atoms with Crippen molar-refractivity contribution in [1.82, 2.24) is 14.5 Å². The second-order valence-corrected chi connectivity index (χ2v) is 5.60. The van der Waals surface area contributed by atoms with E-state index in [1.54, 1.807) is 0 Å². The van der Waals surface area contributed by atoms with Crippen molar-refractivity contribution in [3.05, 3.63) is 60.3 Å². The fourth-order valence-corrected chi connectivity index (χ4v) is 2.93. The number of H-pyrrole nitrogens is 1. The van der Waals surface area contributed by atoms with Crippen molar-refractivity contribution in [2.45, 2.75) is 19.9 Å². The van der Waals surface area contributed by atoms with Crippen LogP contribution in [-0.4, -0.2) is 20.7 Å². The summed E-state index contributed by atoms with van der Waals surface area (Å²) in [5.74, 6) is 0.762. The predicted molar refractivity (Wildman–Crippen MR) is 95.6 cm³/mol. The van der Waals surface area contributed by atoms with Crippen molar-refractivity contribution in [2.24, 2.45) is 4.99 Å². The fraction of sp³-hybridized carbons (Fsp3) is 0.158. The lowest BCUT2D eigenvalue weighted by Crippen LogP contribution is -1.96. The summed E-state index contributed by atoms with van der Waals surface area (Å²) in [5.41, 5.74) is 4.33. The Morgan fingerprint density at radius 1 is 1.13 bits per heavy atom. The molecule has 4 rings (SSSR count). The van der Waals surface area contributed by atoms with E-state index in [-0.39, 0.29) is 0 Å². The van der Waals surface area contributed by atoms with Gasteiger partial charge in [-0.2, -0.15) is 0 Å². The second-order valence-electron chi connectivity index (χ2n) is 5.60. The number of rotatable bonds is 4. The van der Waals surface area contributed by atoms with Crippen molar-refractivity contribution in [1.29, 1.82) is 0 Å². The topological polar surface area (TPSA) is 46.0 Å². The van der Waals surface area contributed by atoms with Gasteiger partial charge in [0.2, 0.25) is 5.95 Å². The first-order valence-corrected chi connectivity index (χ1v) is 7.92. The van der Waals surface area contributed by atoms with Crippen molar-refractivity contribution >= 4 is 34.1 Å². The molecule has 4 aromatic rings. The molecule has 0 saturated carbocycles. The Kier molecular flexibility index (Phi) is 3.42. The zero-order chi connectivity index (χ0) is 15.6. The Hall–Kier alpha value is -2.88. The summed E-state index contributed by atoms with van der Waals surface area (Å²) < 4.78 is 2.18. The van der Waals surface area contributed by atoms with Crippen LogP contribution in [0.5, 0.6) is 0 Å². The maximum Gasteiger partial charge on any atom is 0.230 e. The van der Waals surface area contributed by atoms with E-state index in [1.807, 2.05) is 42.7 Å². The van der Waals surface area contributed by atoms with Crippen LogP contribution in [0.15, 0.2) is 59.7 Å². The van der Waals surface area contributed by atoms with E-state index >= 15 is 0 Å². The van der Waals surface area contributed by atoms with Crippen LogP contribution in [0.2, 0.25) is 0 Å². The molecule has 0 aliphatic carbocycles. The number of imidazole rings is 1. The third-order valence-corrected chi connectivity index (χ3v) is 4.02. The zero-order valence-electron chi connectivity index (χ0n) is 13.0. The van der Waals surface area contributed by atoms with Gasteiger partial charge in [-0.3, -0.25) is 0 Å². The van der Waals surface area contributed by atoms with Crippen LogP contribution in [0.4, 0.5) is 5.95 Å². The third-order valence-electron chi connectivity index (χ3n) is 4.02. The predicted octanol–water partition coefficient (Wildman–Crippen LogP) is 4.68. The van der Waals surface area contributed by atoms with E-state index in [9.17, 15) is 0 Å². The lowest BCUT2D eigenvalue weighted by atomic mass is 10.2. The van der Waals surface area contributed by atoms with Crippen molar-refractivity contribution in [3.63, 3.8) is 0 Å². The molecular weight excluding hydrogens is 284 g/mol. The Morgan fingerprint density at radius 2 is 1.96 bits per heavy atom. The van der Waals surface area contributed by atoms with E-state index in [4.69, 9.17) is 0 Å². The van der Waals surface area contributed by atoms with Crippen molar-refractivity contribution in [3.8, 4) is 0 Å². The molecule has 0 aliphatic rings. The summed E-state index contributed by atoms with van der Waals surface area (Å²) in [6.07, 6.45) is 4.93. The summed E-state index contributed by atoms with van der Waals surface area (Å²) in [5, 5.41) is 1.18. The van der Waals surface area contributed by atoms with Gasteiger partial charge in [-0.25, -0.2) is 9.98 Å². The van der Waals surface area contributed by atoms with Gasteiger partial charge in [-0.05, 0) is 24.6 Å². The number of fused-ring (bicyclic) bond motifs is 2. The number of aromatic amines is 1. The van der Waals surface area contributed by atoms with E-state index in [0.717, 1.165) is 41.0 Å². The molecule has 0 atom stereocenters. The Bertz CT molecular complexity index is 991. The SMILES string of the molecule is CCCn1c(/N=C/c2c[nH]c3ccccc23)nc2ccccc21. The van der Waals surface area contributed by atoms with Gasteiger partial charge in [0.25, 0.3) is 0 Å². The van der Waals surface area contributed by atoms with Crippen molar-refractivity contribution in [2.75, 3.05) is 0 Å². The smallest absolute Gasteiger partial charge is 0.230 e. The molecule has 23 heavy (non-hydrogen) atoms. The summed E-state index contributed by atoms with van der Waals surface area (Å²) in [6.45, 7) is 3.09. The van der Waals surface area contributed by atoms with Gasteiger partial charge in [-0.15, -0.1) is 0 Å². The maximum absolute atomic E-state index is 4.67. The number of nitrogens with one attached hydrogen (secondary N) is 1. The highest BCUT2D eigenvalue weighted by Gasteiger charge is 2.08. The Balaban J connectivity index is 1.78. The number of hydrogen-bond donors (Lipinski definition) is 1. The number of aromatic nitrogens is 3. The molecule has 4 heteroatoms. The van der Waals surface area contributed by atoms with Crippen LogP contribution in [0.25, 0.3) is 21.9 Å². The molecule has 2 heterocycles. The molecule has 0 spiro atoms. The summed E-state index contributed by atoms with van der Waals surface area (Å²) >= 11 is 0. The van der Waals surface area contributed by atoms with Crippen molar-refractivity contribution < 1.29 is 0 Å². The molecular formula is C19H18N4. The van der Waals surface area contributed by atoms with Gasteiger partial charge in [0.05, 0.1) is 11.0 Å². The number of hydrogen-bond acceptors (Lipinski definition) is 2. The minimum atomic E-state index is 0.762. The van der Waals surface area contributed by atoms with E-state index < -0.39 is 0 Å². The molecule has 2 aromatic carbocycles. The first-order chi connectivity index (χ1) is 11.4. The highest BCUT2D eigenvalue weighted by Crippen LogP contribution is 2.23. The van der Waals surface area contributed by atoms with Gasteiger partial charge < -0.3 is 9.55 Å². The molecule has 0 amide bonds. The average molecular weight is 302 g/mol. The van der Waals surface area contributed by atoms with Gasteiger partial charge in [0.15, 0.2) is 0 Å². The molecule has 0 bridgehead atoms. The monoisotopic (exact) mass is 302 g/mol. The second kappa shape index (κ2) is 5.72. The first-order valence-electron chi connectivity index (χ1n) is 7.92. The molecule has 4 nitrogen and oxygen atoms in total. The highest BCUT2D eigenvalue weighted by atomic mass is 15.2. The molecule has 0 fully saturated rings. The molecule has 0 saturated heterocycles. The van der Waals surface area contributed by atoms with E-state index in [0.29, 0.717) is 0 Å². The van der Waals surface area contributed by atoms with Crippen LogP contribution in [0, 0.1) is 0 Å². The van der Waals surface area contributed by atoms with Crippen LogP contribution in [-0.2, 0) is 6.54 Å². The standard InChI is InChI=1S/C19H18N4/c1-2-11-23-18-10-6-5-9-17(18)22-19(23)21-13-14-12-20-16-8-4-3-7-15(14)16/h3-10,12-13,20H,2,11H2,1H3/b21-13+. The van der Waals surface area contributed by atoms with Crippen LogP contribution >= 0.6 is 0 Å². The normalized spacial score (nSPS) is 11.9. The van der Waals surface area contributed by atoms with Crippen LogP contribution in [0.1, 0.15) is 18.9 Å². The summed E-state index contributed by atoms with van der Waals surface area (Å²) in [7, 11) is 0. The molecule has 0 aliphatic heterocycles. The molecule has 0 radical (unpaired) electrons. The minimum absolute atomic E-state index is 0.762. The first kappa shape index (κ1) is 13.8. The quantitative estimate of drug-likeness (QED) is 0.547. The Labute approximate surface area is 134 Å². The largest absolute Gasteiger partial charge is 0.361 e. The zero-order valence-corrected chi connectivity index (χ0v) is 13.0. The lowest BCUT2D eigenvalue weighted by Gasteiger charge is -2.03. The fourth-order valence-electron chi connectivity index (χ4n) is 2.93. The average Bonchev–Trinajstić information content (AvgIpc) is 3.15. The number of para-hydroxylation sites is 3. The van der Waals surface area contributed by atoms with E-state index in [1.165, 1.54) is 5.39 Å². The summed E-state index contributed by atoms with van der Waals surface area (Å²) in [4.78, 5) is 12.6. The van der Waals surface area contributed by atoms with Gasteiger partial charge in [0.1, 0.15) is 0 Å². The van der Waals surface area contributed by atoms with E-state index in [2.05, 4.69) is 44.7 Å². The van der Waals surface area contributed by atoms with Gasteiger partial charge in [0, 0.05) is 35.4 Å². The van der Waals surface area contributed by atoms with Gasteiger partial charge in [-0.1, -0.05) is 37.3 Å².